The van der Waals surface area contributed by atoms with E-state index in [0.29, 0.717) is 25.4 Å². The average molecular weight is 443 g/mol. The zero-order valence-corrected chi connectivity index (χ0v) is 18.2. The van der Waals surface area contributed by atoms with Crippen LogP contribution in [0.1, 0.15) is 18.0 Å². The van der Waals surface area contributed by atoms with Crippen molar-refractivity contribution in [1.82, 2.24) is 8.87 Å². The van der Waals surface area contributed by atoms with Crippen LogP contribution in [-0.2, 0) is 16.6 Å². The van der Waals surface area contributed by atoms with E-state index in [0.717, 1.165) is 22.6 Å². The number of benzene rings is 1. The Bertz CT molecular complexity index is 1230. The van der Waals surface area contributed by atoms with Gasteiger partial charge >= 0.3 is 0 Å². The smallest absolute Gasteiger partial charge is 0.250 e. The van der Waals surface area contributed by atoms with Gasteiger partial charge in [0.05, 0.1) is 12.0 Å². The number of piperidine rings is 1. The molecule has 1 aromatic carbocycles. The molecule has 1 fully saturated rings. The maximum Gasteiger partial charge on any atom is 0.250 e. The quantitative estimate of drug-likeness (QED) is 0.621. The Morgan fingerprint density at radius 3 is 2.53 bits per heavy atom. The number of fused-ring (bicyclic) bond motifs is 4. The number of ether oxygens (including phenoxy) is 1. The molecule has 0 aliphatic carbocycles. The van der Waals surface area contributed by atoms with E-state index in [9.17, 15) is 13.2 Å². The molecule has 3 aromatic rings. The highest BCUT2D eigenvalue weighted by atomic mass is 32.2. The summed E-state index contributed by atoms with van der Waals surface area (Å²) in [4.78, 5) is 14.0. The first-order valence-corrected chi connectivity index (χ1v) is 12.2. The monoisotopic (exact) mass is 442 g/mol. The maximum absolute atomic E-state index is 13.3. The van der Waals surface area contributed by atoms with Crippen molar-refractivity contribution in [3.63, 3.8) is 0 Å². The first kappa shape index (κ1) is 19.5. The van der Waals surface area contributed by atoms with Gasteiger partial charge in [0, 0.05) is 47.8 Å². The number of pyridine rings is 1. The summed E-state index contributed by atoms with van der Waals surface area (Å²) in [5.41, 5.74) is 2.00. The number of hydrogen-bond acceptors (Lipinski definition) is 5. The van der Waals surface area contributed by atoms with Gasteiger partial charge in [0.1, 0.15) is 5.75 Å². The molecule has 0 N–H and O–H groups in total. The van der Waals surface area contributed by atoms with Crippen molar-refractivity contribution >= 4 is 21.4 Å². The van der Waals surface area contributed by atoms with E-state index in [-0.39, 0.29) is 22.3 Å². The SMILES string of the molecule is COc1ccc(S(=O)(=O)N2CC3CC(C2)c2c(-c4cccs4)ccc(=O)n2C3)cc1. The topological polar surface area (TPSA) is 68.6 Å². The molecule has 2 bridgehead atoms. The lowest BCUT2D eigenvalue weighted by Gasteiger charge is -2.42. The lowest BCUT2D eigenvalue weighted by molar-refractivity contribution is 0.187. The second-order valence-corrected chi connectivity index (χ2v) is 10.7. The van der Waals surface area contributed by atoms with E-state index in [4.69, 9.17) is 4.74 Å². The van der Waals surface area contributed by atoms with Gasteiger partial charge in [-0.05, 0) is 54.1 Å². The molecule has 0 spiro atoms. The molecular formula is C22H22N2O4S2. The van der Waals surface area contributed by atoms with Crippen LogP contribution in [-0.4, -0.2) is 37.5 Å². The number of aromatic nitrogens is 1. The zero-order chi connectivity index (χ0) is 20.9. The standard InChI is InChI=1S/C22H22N2O4S2/c1-28-17-4-6-18(7-5-17)30(26,27)23-12-15-11-16(14-23)22-19(20-3-2-10-29-20)8-9-21(25)24(22)13-15/h2-10,15-16H,11-14H2,1H3. The van der Waals surface area contributed by atoms with Crippen LogP contribution in [0.4, 0.5) is 0 Å². The van der Waals surface area contributed by atoms with Crippen LogP contribution in [0.15, 0.2) is 63.6 Å². The van der Waals surface area contributed by atoms with Crippen LogP contribution in [0, 0.1) is 5.92 Å². The van der Waals surface area contributed by atoms with Gasteiger partial charge in [-0.2, -0.15) is 4.31 Å². The zero-order valence-electron chi connectivity index (χ0n) is 16.5. The van der Waals surface area contributed by atoms with Gasteiger partial charge in [-0.1, -0.05) is 6.07 Å². The Hall–Kier alpha value is -2.42. The third-order valence-corrected chi connectivity index (χ3v) is 8.79. The van der Waals surface area contributed by atoms with Crippen molar-refractivity contribution in [2.24, 2.45) is 5.92 Å². The molecule has 6 nitrogen and oxygen atoms in total. The van der Waals surface area contributed by atoms with Crippen molar-refractivity contribution in [3.8, 4) is 16.2 Å². The molecule has 2 aromatic heterocycles. The molecule has 4 heterocycles. The second-order valence-electron chi connectivity index (χ2n) is 7.85. The lowest BCUT2D eigenvalue weighted by atomic mass is 9.82. The van der Waals surface area contributed by atoms with Crippen molar-refractivity contribution in [2.45, 2.75) is 23.8 Å². The van der Waals surface area contributed by atoms with Gasteiger partial charge in [0.25, 0.3) is 5.56 Å². The number of sulfonamides is 1. The Morgan fingerprint density at radius 1 is 1.03 bits per heavy atom. The fraction of sp³-hybridized carbons (Fsp3) is 0.318. The van der Waals surface area contributed by atoms with Gasteiger partial charge < -0.3 is 9.30 Å². The molecule has 30 heavy (non-hydrogen) atoms. The van der Waals surface area contributed by atoms with Gasteiger partial charge in [0.2, 0.25) is 10.0 Å². The van der Waals surface area contributed by atoms with Crippen LogP contribution in [0.25, 0.3) is 10.4 Å². The number of methoxy groups -OCH3 is 1. The maximum atomic E-state index is 13.3. The third kappa shape index (κ3) is 3.19. The fourth-order valence-corrected chi connectivity index (χ4v) is 7.03. The first-order chi connectivity index (χ1) is 14.5. The van der Waals surface area contributed by atoms with E-state index >= 15 is 0 Å². The number of thiophene rings is 1. The van der Waals surface area contributed by atoms with Gasteiger partial charge in [0.15, 0.2) is 0 Å². The Morgan fingerprint density at radius 2 is 1.83 bits per heavy atom. The molecule has 2 unspecified atom stereocenters. The highest BCUT2D eigenvalue weighted by molar-refractivity contribution is 7.89. The van der Waals surface area contributed by atoms with Crippen LogP contribution < -0.4 is 10.3 Å². The molecule has 0 amide bonds. The van der Waals surface area contributed by atoms with Gasteiger partial charge in [-0.3, -0.25) is 4.79 Å². The third-order valence-electron chi connectivity index (χ3n) is 6.04. The van der Waals surface area contributed by atoms with E-state index in [2.05, 4.69) is 0 Å². The Kier molecular flexibility index (Phi) is 4.80. The largest absolute Gasteiger partial charge is 0.497 e. The van der Waals surface area contributed by atoms with Crippen LogP contribution in [0.5, 0.6) is 5.75 Å². The Balaban J connectivity index is 1.54. The van der Waals surface area contributed by atoms with E-state index in [1.807, 2.05) is 28.1 Å². The fourth-order valence-electron chi connectivity index (χ4n) is 4.70. The van der Waals surface area contributed by atoms with Crippen molar-refractivity contribution < 1.29 is 13.2 Å². The summed E-state index contributed by atoms with van der Waals surface area (Å²) < 4.78 is 35.3. The van der Waals surface area contributed by atoms with E-state index < -0.39 is 10.0 Å². The minimum atomic E-state index is -3.62. The summed E-state index contributed by atoms with van der Waals surface area (Å²) in [6.45, 7) is 1.37. The summed E-state index contributed by atoms with van der Waals surface area (Å²) in [6.07, 6.45) is 0.899. The molecule has 156 valence electrons. The normalized spacial score (nSPS) is 21.2. The molecule has 1 saturated heterocycles. The average Bonchev–Trinajstić information content (AvgIpc) is 3.29. The number of rotatable bonds is 4. The minimum absolute atomic E-state index is 0.00322. The molecule has 0 radical (unpaired) electrons. The van der Waals surface area contributed by atoms with Crippen LogP contribution in [0.2, 0.25) is 0 Å². The van der Waals surface area contributed by atoms with Crippen LogP contribution >= 0.6 is 11.3 Å². The van der Waals surface area contributed by atoms with Gasteiger partial charge in [-0.15, -0.1) is 11.3 Å². The summed E-state index contributed by atoms with van der Waals surface area (Å²) in [5, 5.41) is 2.02. The lowest BCUT2D eigenvalue weighted by Crippen LogP contribution is -2.49. The first-order valence-electron chi connectivity index (χ1n) is 9.89. The summed E-state index contributed by atoms with van der Waals surface area (Å²) in [5.74, 6) is 0.746. The van der Waals surface area contributed by atoms with Crippen LogP contribution in [0.3, 0.4) is 0 Å². The van der Waals surface area contributed by atoms with Crippen molar-refractivity contribution in [3.05, 3.63) is 70.0 Å². The van der Waals surface area contributed by atoms with Crippen molar-refractivity contribution in [1.29, 1.82) is 0 Å². The van der Waals surface area contributed by atoms with Crippen molar-refractivity contribution in [2.75, 3.05) is 20.2 Å². The summed E-state index contributed by atoms with van der Waals surface area (Å²) in [7, 11) is -2.06. The molecule has 2 aliphatic rings. The van der Waals surface area contributed by atoms with E-state index in [1.165, 1.54) is 0 Å². The predicted octanol–water partition coefficient (Wildman–Crippen LogP) is 3.39. The highest BCUT2D eigenvalue weighted by Crippen LogP contribution is 2.42. The number of nitrogens with zero attached hydrogens (tertiary/aromatic N) is 2. The van der Waals surface area contributed by atoms with Gasteiger partial charge in [-0.25, -0.2) is 8.42 Å². The molecular weight excluding hydrogens is 420 g/mol. The summed E-state index contributed by atoms with van der Waals surface area (Å²) in [6, 6.07) is 14.1. The molecule has 0 saturated carbocycles. The predicted molar refractivity (Wildman–Crippen MR) is 117 cm³/mol. The number of hydrogen-bond donors (Lipinski definition) is 0. The second kappa shape index (κ2) is 7.37. The molecule has 2 atom stereocenters. The molecule has 8 heteroatoms. The van der Waals surface area contributed by atoms with E-state index in [1.54, 1.807) is 53.1 Å². The minimum Gasteiger partial charge on any atom is -0.497 e. The molecule has 2 aliphatic heterocycles. The highest BCUT2D eigenvalue weighted by Gasteiger charge is 2.40. The Labute approximate surface area is 179 Å². The summed E-state index contributed by atoms with van der Waals surface area (Å²) >= 11 is 1.63. The molecule has 5 rings (SSSR count).